The quantitative estimate of drug-likeness (QED) is 0.148. The summed E-state index contributed by atoms with van der Waals surface area (Å²) in [4.78, 5) is 0. The van der Waals surface area contributed by atoms with Crippen LogP contribution in [0.25, 0.3) is 44.5 Å². The third-order valence-electron chi connectivity index (χ3n) is 12.5. The van der Waals surface area contributed by atoms with Crippen molar-refractivity contribution in [3.63, 3.8) is 0 Å². The smallest absolute Gasteiger partial charge is 0.0726 e. The molecule has 0 aromatic heterocycles. The van der Waals surface area contributed by atoms with E-state index in [2.05, 4.69) is 182 Å². The molecule has 0 radical (unpaired) electrons. The molecular formula is C50H32N2. The molecule has 4 aliphatic carbocycles. The molecule has 2 N–H and O–H groups in total. The molecule has 52 heavy (non-hydrogen) atoms. The topological polar surface area (TPSA) is 29.3 Å². The Morgan fingerprint density at radius 2 is 0.500 bits per heavy atom. The molecule has 0 unspecified atom stereocenters. The fourth-order valence-electron chi connectivity index (χ4n) is 10.6. The summed E-state index contributed by atoms with van der Waals surface area (Å²) in [5.41, 5.74) is 22.0. The lowest BCUT2D eigenvalue weighted by atomic mass is 9.70. The lowest BCUT2D eigenvalue weighted by molar-refractivity contribution is 0.791. The third kappa shape index (κ3) is 3.17. The van der Waals surface area contributed by atoms with Crippen LogP contribution in [0.2, 0.25) is 0 Å². The number of nitrogens with zero attached hydrogens (tertiary/aromatic N) is 1. The van der Waals surface area contributed by atoms with Crippen LogP contribution in [0.3, 0.4) is 0 Å². The van der Waals surface area contributed by atoms with Crippen LogP contribution >= 0.6 is 0 Å². The lowest BCUT2D eigenvalue weighted by Crippen LogP contribution is -2.29. The van der Waals surface area contributed by atoms with Gasteiger partial charge in [-0.2, -0.15) is 0 Å². The van der Waals surface area contributed by atoms with E-state index >= 15 is 0 Å². The van der Waals surface area contributed by atoms with E-state index in [1.54, 1.807) is 0 Å². The first-order chi connectivity index (χ1) is 25.7. The molecule has 0 saturated carbocycles. The van der Waals surface area contributed by atoms with Crippen LogP contribution in [0.5, 0.6) is 0 Å². The van der Waals surface area contributed by atoms with Crippen molar-refractivity contribution in [2.45, 2.75) is 10.8 Å². The summed E-state index contributed by atoms with van der Waals surface area (Å²) in [5.74, 6) is 7.30. The zero-order valence-electron chi connectivity index (χ0n) is 28.3. The fourth-order valence-corrected chi connectivity index (χ4v) is 10.6. The second kappa shape index (κ2) is 9.85. The molecule has 8 aromatic carbocycles. The summed E-state index contributed by atoms with van der Waals surface area (Å²) in [7, 11) is 0. The Bertz CT molecular complexity index is 2520. The highest BCUT2D eigenvalue weighted by Crippen LogP contribution is 2.65. The molecule has 2 nitrogen and oxygen atoms in total. The first kappa shape index (κ1) is 28.2. The van der Waals surface area contributed by atoms with E-state index in [0.717, 1.165) is 11.4 Å². The Balaban J connectivity index is 1.07. The molecule has 0 heterocycles. The van der Waals surface area contributed by atoms with Crippen molar-refractivity contribution >= 4 is 11.4 Å². The Labute approximate surface area is 303 Å². The average molecular weight is 661 g/mol. The maximum Gasteiger partial charge on any atom is 0.0726 e. The van der Waals surface area contributed by atoms with E-state index in [0.29, 0.717) is 0 Å². The van der Waals surface area contributed by atoms with Crippen LogP contribution < -0.4 is 10.9 Å². The van der Waals surface area contributed by atoms with E-state index < -0.39 is 10.8 Å². The highest BCUT2D eigenvalue weighted by atomic mass is 15.4. The Morgan fingerprint density at radius 1 is 0.269 bits per heavy atom. The van der Waals surface area contributed by atoms with Gasteiger partial charge in [-0.15, -0.1) is 0 Å². The average Bonchev–Trinajstić information content (AvgIpc) is 3.89. The summed E-state index contributed by atoms with van der Waals surface area (Å²) >= 11 is 0. The first-order valence-corrected chi connectivity index (χ1v) is 18.1. The van der Waals surface area contributed by atoms with Gasteiger partial charge in [0, 0.05) is 0 Å². The highest BCUT2D eigenvalue weighted by molar-refractivity contribution is 5.97. The Hall–Kier alpha value is -6.48. The first-order valence-electron chi connectivity index (χ1n) is 18.1. The minimum absolute atomic E-state index is 0.420. The number of fused-ring (bicyclic) bond motifs is 20. The number of hydrogen-bond donors (Lipinski definition) is 1. The van der Waals surface area contributed by atoms with Crippen LogP contribution in [-0.4, -0.2) is 0 Å². The SMILES string of the molecule is NN(c1ccc2c(c1)C1(c3ccccc3-c3ccccc31)c1ccccc1-2)c1ccc2c(c1)C1(c3ccccc3-c3ccccc31)c1ccccc1-2. The third-order valence-corrected chi connectivity index (χ3v) is 12.5. The van der Waals surface area contributed by atoms with Crippen LogP contribution in [0.1, 0.15) is 44.5 Å². The molecular weight excluding hydrogens is 629 g/mol. The Kier molecular flexibility index (Phi) is 5.35. The maximum absolute atomic E-state index is 7.30. The zero-order chi connectivity index (χ0) is 34.2. The Morgan fingerprint density at radius 3 is 0.769 bits per heavy atom. The molecule has 242 valence electrons. The van der Waals surface area contributed by atoms with Crippen LogP contribution in [-0.2, 0) is 10.8 Å². The van der Waals surface area contributed by atoms with Crippen molar-refractivity contribution in [3.05, 3.63) is 226 Å². The molecule has 0 aliphatic heterocycles. The van der Waals surface area contributed by atoms with Crippen LogP contribution in [0, 0.1) is 0 Å². The largest absolute Gasteiger partial charge is 0.280 e. The van der Waals surface area contributed by atoms with E-state index in [9.17, 15) is 0 Å². The van der Waals surface area contributed by atoms with Crippen molar-refractivity contribution in [2.75, 3.05) is 5.01 Å². The van der Waals surface area contributed by atoms with Crippen molar-refractivity contribution in [3.8, 4) is 44.5 Å². The number of anilines is 2. The molecule has 2 spiro atoms. The standard InChI is InChI=1S/C50H32N2/c51-52(31-25-27-39-37-17-5-11-23-45(37)49(47(39)29-31)41-19-7-1-13-33(41)34-14-2-8-20-42(34)49)32-26-28-40-38-18-6-12-24-46(38)50(48(40)30-32)43-21-9-3-15-35(43)36-16-4-10-22-44(36)50/h1-30H,51H2. The maximum atomic E-state index is 7.30. The van der Waals surface area contributed by atoms with Gasteiger partial charge < -0.3 is 0 Å². The van der Waals surface area contributed by atoms with Crippen LogP contribution in [0.15, 0.2) is 182 Å². The molecule has 4 aliphatic rings. The second-order valence-electron chi connectivity index (χ2n) is 14.6. The van der Waals surface area contributed by atoms with E-state index in [1.807, 2.05) is 5.01 Å². The zero-order valence-corrected chi connectivity index (χ0v) is 28.3. The number of nitrogens with two attached hydrogens (primary N) is 1. The minimum Gasteiger partial charge on any atom is -0.280 e. The van der Waals surface area contributed by atoms with Gasteiger partial charge in [0.15, 0.2) is 0 Å². The number of hydrogen-bond acceptors (Lipinski definition) is 2. The summed E-state index contributed by atoms with van der Waals surface area (Å²) < 4.78 is 0. The van der Waals surface area contributed by atoms with Crippen LogP contribution in [0.4, 0.5) is 11.4 Å². The molecule has 0 saturated heterocycles. The fraction of sp³-hybridized carbons (Fsp3) is 0.0400. The van der Waals surface area contributed by atoms with Gasteiger partial charge in [-0.3, -0.25) is 5.01 Å². The highest BCUT2D eigenvalue weighted by Gasteiger charge is 2.53. The number of rotatable bonds is 2. The number of hydrazine groups is 1. The predicted molar refractivity (Wildman–Crippen MR) is 212 cm³/mol. The van der Waals surface area contributed by atoms with Crippen molar-refractivity contribution in [2.24, 2.45) is 5.84 Å². The van der Waals surface area contributed by atoms with Gasteiger partial charge in [0.25, 0.3) is 0 Å². The van der Waals surface area contributed by atoms with Gasteiger partial charge in [0.05, 0.1) is 22.2 Å². The molecule has 0 fully saturated rings. The minimum atomic E-state index is -0.420. The molecule has 12 rings (SSSR count). The summed E-state index contributed by atoms with van der Waals surface area (Å²) in [5, 5.41) is 1.90. The van der Waals surface area contributed by atoms with E-state index in [-0.39, 0.29) is 0 Å². The number of benzene rings is 8. The molecule has 2 heteroatoms. The van der Waals surface area contributed by atoms with E-state index in [1.165, 1.54) is 89.0 Å². The normalized spacial score (nSPS) is 14.9. The van der Waals surface area contributed by atoms with Crippen molar-refractivity contribution in [1.29, 1.82) is 0 Å². The summed E-state index contributed by atoms with van der Waals surface area (Å²) in [6, 6.07) is 67.3. The lowest BCUT2D eigenvalue weighted by Gasteiger charge is -2.32. The van der Waals surface area contributed by atoms with Gasteiger partial charge >= 0.3 is 0 Å². The molecule has 0 atom stereocenters. The van der Waals surface area contributed by atoms with Crippen molar-refractivity contribution < 1.29 is 0 Å². The summed E-state index contributed by atoms with van der Waals surface area (Å²) in [6.07, 6.45) is 0. The van der Waals surface area contributed by atoms with E-state index in [4.69, 9.17) is 5.84 Å². The van der Waals surface area contributed by atoms with Crippen molar-refractivity contribution in [1.82, 2.24) is 0 Å². The van der Waals surface area contributed by atoms with Gasteiger partial charge in [-0.25, -0.2) is 5.84 Å². The molecule has 0 amide bonds. The van der Waals surface area contributed by atoms with Gasteiger partial charge in [-0.1, -0.05) is 158 Å². The summed E-state index contributed by atoms with van der Waals surface area (Å²) in [6.45, 7) is 0. The molecule has 8 aromatic rings. The molecule has 0 bridgehead atoms. The second-order valence-corrected chi connectivity index (χ2v) is 14.6. The van der Waals surface area contributed by atoms with Gasteiger partial charge in [0.2, 0.25) is 0 Å². The van der Waals surface area contributed by atoms with Gasteiger partial charge in [0.1, 0.15) is 0 Å². The predicted octanol–water partition coefficient (Wildman–Crippen LogP) is 11.4. The van der Waals surface area contributed by atoms with Gasteiger partial charge in [-0.05, 0) is 113 Å². The monoisotopic (exact) mass is 660 g/mol.